The van der Waals surface area contributed by atoms with Gasteiger partial charge < -0.3 is 9.47 Å². The number of nitrogens with zero attached hydrogens (tertiary/aromatic N) is 3. The Bertz CT molecular complexity index is 1010. The lowest BCUT2D eigenvalue weighted by molar-refractivity contribution is 0.392. The minimum Gasteiger partial charge on any atom is -0.497 e. The summed E-state index contributed by atoms with van der Waals surface area (Å²) in [5, 5.41) is 0. The first-order chi connectivity index (χ1) is 11.3. The van der Waals surface area contributed by atoms with Crippen molar-refractivity contribution in [1.82, 2.24) is 8.54 Å². The number of benzene rings is 1. The van der Waals surface area contributed by atoms with Crippen molar-refractivity contribution < 1.29 is 22.3 Å². The summed E-state index contributed by atoms with van der Waals surface area (Å²) in [4.78, 5) is 15.6. The molecule has 2 aromatic rings. The highest BCUT2D eigenvalue weighted by Gasteiger charge is 2.25. The molecule has 0 bridgehead atoms. The lowest BCUT2D eigenvalue weighted by atomic mass is 10.3. The maximum absolute atomic E-state index is 14.1. The van der Waals surface area contributed by atoms with E-state index in [1.54, 1.807) is 0 Å². The zero-order chi connectivity index (χ0) is 18.1. The van der Waals surface area contributed by atoms with E-state index in [1.165, 1.54) is 46.5 Å². The lowest BCUT2D eigenvalue weighted by Crippen LogP contribution is -2.42. The minimum absolute atomic E-state index is 0.00461. The quantitative estimate of drug-likeness (QED) is 0.775. The van der Waals surface area contributed by atoms with Crippen LogP contribution in [0.15, 0.2) is 39.1 Å². The van der Waals surface area contributed by atoms with Gasteiger partial charge in [-0.2, -0.15) is 3.97 Å². The summed E-state index contributed by atoms with van der Waals surface area (Å²) in [6.45, 7) is 0. The molecule has 0 radical (unpaired) electrons. The molecule has 8 nitrogen and oxygen atoms in total. The van der Waals surface area contributed by atoms with Gasteiger partial charge in [-0.3, -0.25) is 9.56 Å². The molecule has 1 aromatic carbocycles. The summed E-state index contributed by atoms with van der Waals surface area (Å²) >= 11 is 0. The lowest BCUT2D eigenvalue weighted by Gasteiger charge is -2.13. The van der Waals surface area contributed by atoms with Crippen LogP contribution < -0.4 is 20.7 Å². The number of aromatic nitrogens is 2. The SMILES string of the molecule is CN=c1c(F)cn(S(=O)(=O)c2cc(OC)ccc2OC)c(=O)n1C. The minimum atomic E-state index is -4.42. The summed E-state index contributed by atoms with van der Waals surface area (Å²) in [5.41, 5.74) is -1.23. The van der Waals surface area contributed by atoms with Crippen LogP contribution in [-0.4, -0.2) is 38.2 Å². The van der Waals surface area contributed by atoms with Gasteiger partial charge in [0, 0.05) is 20.2 Å². The summed E-state index contributed by atoms with van der Waals surface area (Å²) in [5.74, 6) is -0.715. The Morgan fingerprint density at radius 2 is 1.88 bits per heavy atom. The van der Waals surface area contributed by atoms with Crippen molar-refractivity contribution in [3.05, 3.63) is 46.2 Å². The normalized spacial score (nSPS) is 12.3. The van der Waals surface area contributed by atoms with Gasteiger partial charge >= 0.3 is 5.69 Å². The first-order valence-electron chi connectivity index (χ1n) is 6.66. The number of hydrogen-bond donors (Lipinski definition) is 0. The predicted octanol–water partition coefficient (Wildman–Crippen LogP) is 0.111. The second kappa shape index (κ2) is 6.48. The molecule has 0 N–H and O–H groups in total. The van der Waals surface area contributed by atoms with Gasteiger partial charge in [0.1, 0.15) is 16.4 Å². The van der Waals surface area contributed by atoms with Crippen LogP contribution in [0.1, 0.15) is 0 Å². The molecule has 0 aliphatic carbocycles. The Balaban J connectivity index is 2.85. The van der Waals surface area contributed by atoms with Gasteiger partial charge in [-0.15, -0.1) is 0 Å². The summed E-state index contributed by atoms with van der Waals surface area (Å²) in [7, 11) is 0.744. The third-order valence-corrected chi connectivity index (χ3v) is 5.01. The van der Waals surface area contributed by atoms with Crippen molar-refractivity contribution in [2.75, 3.05) is 21.3 Å². The van der Waals surface area contributed by atoms with Gasteiger partial charge in [0.2, 0.25) is 0 Å². The van der Waals surface area contributed by atoms with Crippen molar-refractivity contribution in [1.29, 1.82) is 0 Å². The van der Waals surface area contributed by atoms with Crippen molar-refractivity contribution >= 4 is 10.0 Å². The average molecular weight is 357 g/mol. The highest BCUT2D eigenvalue weighted by Crippen LogP contribution is 2.29. The van der Waals surface area contributed by atoms with Crippen LogP contribution in [-0.2, 0) is 17.1 Å². The molecule has 130 valence electrons. The van der Waals surface area contributed by atoms with Gasteiger partial charge in [0.15, 0.2) is 11.3 Å². The van der Waals surface area contributed by atoms with Crippen LogP contribution in [0.5, 0.6) is 11.5 Å². The molecular weight excluding hydrogens is 341 g/mol. The van der Waals surface area contributed by atoms with Crippen LogP contribution in [0.3, 0.4) is 0 Å². The van der Waals surface area contributed by atoms with E-state index in [4.69, 9.17) is 9.47 Å². The Labute approximate surface area is 137 Å². The molecule has 0 spiro atoms. The van der Waals surface area contributed by atoms with Crippen LogP contribution >= 0.6 is 0 Å². The van der Waals surface area contributed by atoms with E-state index < -0.39 is 21.5 Å². The Hall–Kier alpha value is -2.62. The molecule has 10 heteroatoms. The molecule has 0 amide bonds. The molecule has 0 fully saturated rings. The molecular formula is C14H16FN3O5S. The zero-order valence-electron chi connectivity index (χ0n) is 13.5. The fraction of sp³-hybridized carbons (Fsp3) is 0.286. The number of halogens is 1. The molecule has 0 unspecified atom stereocenters. The van der Waals surface area contributed by atoms with E-state index in [2.05, 4.69) is 4.99 Å². The van der Waals surface area contributed by atoms with E-state index >= 15 is 0 Å². The summed E-state index contributed by atoms with van der Waals surface area (Å²) in [6.07, 6.45) is 0.582. The maximum Gasteiger partial charge on any atom is 0.343 e. The van der Waals surface area contributed by atoms with Crippen LogP contribution in [0.4, 0.5) is 4.39 Å². The second-order valence-electron chi connectivity index (χ2n) is 4.68. The smallest absolute Gasteiger partial charge is 0.343 e. The zero-order valence-corrected chi connectivity index (χ0v) is 14.3. The fourth-order valence-corrected chi connectivity index (χ4v) is 3.58. The second-order valence-corrected chi connectivity index (χ2v) is 6.47. The molecule has 24 heavy (non-hydrogen) atoms. The van der Waals surface area contributed by atoms with Gasteiger partial charge in [0.05, 0.1) is 20.4 Å². The van der Waals surface area contributed by atoms with Crippen molar-refractivity contribution in [2.45, 2.75) is 4.90 Å². The molecule has 0 atom stereocenters. The van der Waals surface area contributed by atoms with E-state index in [1.807, 2.05) is 0 Å². The predicted molar refractivity (Wildman–Crippen MR) is 83.2 cm³/mol. The molecule has 0 saturated carbocycles. The number of ether oxygens (including phenoxy) is 2. The van der Waals surface area contributed by atoms with Gasteiger partial charge in [-0.25, -0.2) is 17.6 Å². The molecule has 1 aromatic heterocycles. The number of methoxy groups -OCH3 is 2. The summed E-state index contributed by atoms with van der Waals surface area (Å²) in [6, 6.07) is 4.07. The summed E-state index contributed by atoms with van der Waals surface area (Å²) < 4.78 is 50.8. The van der Waals surface area contributed by atoms with Gasteiger partial charge in [0.25, 0.3) is 10.0 Å². The topological polar surface area (TPSA) is 91.9 Å². The highest BCUT2D eigenvalue weighted by molar-refractivity contribution is 7.90. The Morgan fingerprint density at radius 3 is 2.42 bits per heavy atom. The molecule has 0 aliphatic rings. The largest absolute Gasteiger partial charge is 0.497 e. The number of hydrogen-bond acceptors (Lipinski definition) is 6. The first kappa shape index (κ1) is 17.7. The third-order valence-electron chi connectivity index (χ3n) is 3.36. The Morgan fingerprint density at radius 1 is 1.21 bits per heavy atom. The van der Waals surface area contributed by atoms with Crippen LogP contribution in [0, 0.1) is 5.82 Å². The standard InChI is InChI=1S/C14H16FN3O5S/c1-16-13-10(15)8-18(14(19)17(13)2)24(20,21)12-7-9(22-3)5-6-11(12)23-4/h5-8H,1-4H3. The van der Waals surface area contributed by atoms with E-state index in [0.29, 0.717) is 10.2 Å². The Kier molecular flexibility index (Phi) is 4.78. The van der Waals surface area contributed by atoms with Gasteiger partial charge in [-0.1, -0.05) is 0 Å². The average Bonchev–Trinajstić information content (AvgIpc) is 2.57. The maximum atomic E-state index is 14.1. The monoisotopic (exact) mass is 357 g/mol. The molecule has 0 aliphatic heterocycles. The molecule has 2 rings (SSSR count). The first-order valence-corrected chi connectivity index (χ1v) is 8.10. The fourth-order valence-electron chi connectivity index (χ4n) is 2.14. The van der Waals surface area contributed by atoms with Crippen LogP contribution in [0.2, 0.25) is 0 Å². The van der Waals surface area contributed by atoms with Crippen molar-refractivity contribution in [3.8, 4) is 11.5 Å². The molecule has 1 heterocycles. The van der Waals surface area contributed by atoms with E-state index in [0.717, 1.165) is 4.57 Å². The van der Waals surface area contributed by atoms with Crippen molar-refractivity contribution in [2.24, 2.45) is 12.0 Å². The van der Waals surface area contributed by atoms with E-state index in [9.17, 15) is 17.6 Å². The van der Waals surface area contributed by atoms with Crippen LogP contribution in [0.25, 0.3) is 0 Å². The highest BCUT2D eigenvalue weighted by atomic mass is 32.2. The van der Waals surface area contributed by atoms with Crippen molar-refractivity contribution in [3.63, 3.8) is 0 Å². The van der Waals surface area contributed by atoms with E-state index in [-0.39, 0.29) is 21.9 Å². The number of rotatable bonds is 4. The third kappa shape index (κ3) is 2.80. The molecule has 0 saturated heterocycles. The van der Waals surface area contributed by atoms with Gasteiger partial charge in [-0.05, 0) is 12.1 Å².